The van der Waals surface area contributed by atoms with Crippen LogP contribution in [0.15, 0.2) is 18.5 Å². The Hall–Kier alpha value is -1.49. The van der Waals surface area contributed by atoms with Gasteiger partial charge in [-0.15, -0.1) is 0 Å². The Morgan fingerprint density at radius 2 is 2.24 bits per heavy atom. The van der Waals surface area contributed by atoms with Crippen LogP contribution >= 0.6 is 0 Å². The highest BCUT2D eigenvalue weighted by Gasteiger charge is 2.22. The number of hydrogen-bond acceptors (Lipinski definition) is 4. The van der Waals surface area contributed by atoms with Gasteiger partial charge < -0.3 is 10.1 Å². The summed E-state index contributed by atoms with van der Waals surface area (Å²) in [6.45, 7) is 4.21. The average Bonchev–Trinajstić information content (AvgIpc) is 2.28. The third kappa shape index (κ3) is 4.11. The number of nitrogens with zero attached hydrogens (tertiary/aromatic N) is 1. The number of methoxy groups -OCH3 is 1. The summed E-state index contributed by atoms with van der Waals surface area (Å²) < 4.78 is 17.6. The van der Waals surface area contributed by atoms with Crippen molar-refractivity contribution in [1.82, 2.24) is 10.3 Å². The Balaban J connectivity index is 2.61. The molecule has 0 saturated carbocycles. The number of aromatic nitrogens is 1. The predicted octanol–water partition coefficient (Wildman–Crippen LogP) is 1.51. The van der Waals surface area contributed by atoms with Crippen molar-refractivity contribution in [2.24, 2.45) is 5.92 Å². The van der Waals surface area contributed by atoms with E-state index in [-0.39, 0.29) is 17.7 Å². The number of esters is 1. The SMILES string of the molecule is COC(=O)C(NCc1cncc(F)c1)C(C)C. The molecule has 0 spiro atoms. The van der Waals surface area contributed by atoms with Gasteiger partial charge in [-0.2, -0.15) is 0 Å². The van der Waals surface area contributed by atoms with Crippen LogP contribution in [0.3, 0.4) is 0 Å². The Bertz CT molecular complexity index is 383. The molecule has 1 atom stereocenters. The molecule has 94 valence electrons. The van der Waals surface area contributed by atoms with Crippen LogP contribution in [0.4, 0.5) is 4.39 Å². The van der Waals surface area contributed by atoms with E-state index in [0.717, 1.165) is 6.20 Å². The molecule has 1 aromatic heterocycles. The van der Waals surface area contributed by atoms with Gasteiger partial charge in [0.2, 0.25) is 0 Å². The van der Waals surface area contributed by atoms with E-state index in [2.05, 4.69) is 10.3 Å². The van der Waals surface area contributed by atoms with Crippen LogP contribution in [0.25, 0.3) is 0 Å². The lowest BCUT2D eigenvalue weighted by atomic mass is 10.0. The van der Waals surface area contributed by atoms with Gasteiger partial charge in [-0.05, 0) is 17.5 Å². The lowest BCUT2D eigenvalue weighted by Gasteiger charge is -2.19. The third-order valence-electron chi connectivity index (χ3n) is 2.41. The molecule has 0 aliphatic heterocycles. The second-order valence-corrected chi connectivity index (χ2v) is 4.14. The van der Waals surface area contributed by atoms with Crippen molar-refractivity contribution in [2.45, 2.75) is 26.4 Å². The van der Waals surface area contributed by atoms with E-state index in [1.807, 2.05) is 13.8 Å². The molecular weight excluding hydrogens is 223 g/mol. The van der Waals surface area contributed by atoms with Crippen molar-refractivity contribution in [1.29, 1.82) is 0 Å². The monoisotopic (exact) mass is 240 g/mol. The highest BCUT2D eigenvalue weighted by molar-refractivity contribution is 5.75. The molecule has 1 N–H and O–H groups in total. The highest BCUT2D eigenvalue weighted by Crippen LogP contribution is 2.06. The first-order chi connectivity index (χ1) is 8.04. The second kappa shape index (κ2) is 6.30. The molecule has 0 saturated heterocycles. The first kappa shape index (κ1) is 13.6. The molecule has 0 aromatic carbocycles. The normalized spacial score (nSPS) is 12.5. The van der Waals surface area contributed by atoms with E-state index in [9.17, 15) is 9.18 Å². The fourth-order valence-corrected chi connectivity index (χ4v) is 1.50. The van der Waals surface area contributed by atoms with Gasteiger partial charge in [0.15, 0.2) is 0 Å². The van der Waals surface area contributed by atoms with E-state index >= 15 is 0 Å². The standard InChI is InChI=1S/C12H17FN2O2/c1-8(2)11(12(16)17-3)15-6-9-4-10(13)7-14-5-9/h4-5,7-8,11,15H,6H2,1-3H3. The van der Waals surface area contributed by atoms with E-state index in [4.69, 9.17) is 4.74 Å². The largest absolute Gasteiger partial charge is 0.468 e. The topological polar surface area (TPSA) is 51.2 Å². The zero-order valence-corrected chi connectivity index (χ0v) is 10.2. The molecule has 4 nitrogen and oxygen atoms in total. The second-order valence-electron chi connectivity index (χ2n) is 4.14. The molecule has 0 bridgehead atoms. The van der Waals surface area contributed by atoms with Gasteiger partial charge in [-0.3, -0.25) is 9.78 Å². The van der Waals surface area contributed by atoms with Crippen molar-refractivity contribution in [3.05, 3.63) is 29.8 Å². The van der Waals surface area contributed by atoms with Gasteiger partial charge in [0.05, 0.1) is 13.3 Å². The first-order valence-corrected chi connectivity index (χ1v) is 5.45. The fraction of sp³-hybridized carbons (Fsp3) is 0.500. The van der Waals surface area contributed by atoms with Crippen molar-refractivity contribution in [2.75, 3.05) is 7.11 Å². The molecule has 0 aliphatic rings. The van der Waals surface area contributed by atoms with Crippen LogP contribution in [-0.4, -0.2) is 24.1 Å². The molecule has 17 heavy (non-hydrogen) atoms. The van der Waals surface area contributed by atoms with Crippen molar-refractivity contribution < 1.29 is 13.9 Å². The van der Waals surface area contributed by atoms with Gasteiger partial charge >= 0.3 is 5.97 Å². The minimum absolute atomic E-state index is 0.101. The summed E-state index contributed by atoms with van der Waals surface area (Å²) in [6, 6.07) is 0.984. The predicted molar refractivity (Wildman–Crippen MR) is 61.7 cm³/mol. The summed E-state index contributed by atoms with van der Waals surface area (Å²) in [5, 5.41) is 3.03. The summed E-state index contributed by atoms with van der Waals surface area (Å²) >= 11 is 0. The minimum atomic E-state index is -0.400. The summed E-state index contributed by atoms with van der Waals surface area (Å²) in [7, 11) is 1.35. The van der Waals surface area contributed by atoms with Gasteiger partial charge in [0.1, 0.15) is 11.9 Å². The van der Waals surface area contributed by atoms with E-state index in [1.54, 1.807) is 6.20 Å². The van der Waals surface area contributed by atoms with Crippen LogP contribution in [0.2, 0.25) is 0 Å². The smallest absolute Gasteiger partial charge is 0.323 e. The van der Waals surface area contributed by atoms with Gasteiger partial charge in [0.25, 0.3) is 0 Å². The minimum Gasteiger partial charge on any atom is -0.468 e. The van der Waals surface area contributed by atoms with Crippen LogP contribution in [-0.2, 0) is 16.1 Å². The molecule has 0 amide bonds. The number of rotatable bonds is 5. The number of halogens is 1. The molecule has 1 heterocycles. The summed E-state index contributed by atoms with van der Waals surface area (Å²) in [5.41, 5.74) is 0.694. The van der Waals surface area contributed by atoms with Crippen LogP contribution in [0, 0.1) is 11.7 Å². The molecule has 0 fully saturated rings. The highest BCUT2D eigenvalue weighted by atomic mass is 19.1. The maximum atomic E-state index is 12.9. The molecule has 0 aliphatic carbocycles. The lowest BCUT2D eigenvalue weighted by molar-refractivity contribution is -0.144. The van der Waals surface area contributed by atoms with Crippen molar-refractivity contribution in [3.8, 4) is 0 Å². The third-order valence-corrected chi connectivity index (χ3v) is 2.41. The number of carbonyl (C=O) groups is 1. The van der Waals surface area contributed by atoms with Crippen molar-refractivity contribution in [3.63, 3.8) is 0 Å². The van der Waals surface area contributed by atoms with Gasteiger partial charge in [0, 0.05) is 12.7 Å². The lowest BCUT2D eigenvalue weighted by Crippen LogP contribution is -2.41. The number of pyridine rings is 1. The molecular formula is C12H17FN2O2. The zero-order chi connectivity index (χ0) is 12.8. The van der Waals surface area contributed by atoms with E-state index in [0.29, 0.717) is 12.1 Å². The van der Waals surface area contributed by atoms with Crippen molar-refractivity contribution >= 4 is 5.97 Å². The number of hydrogen-bond donors (Lipinski definition) is 1. The average molecular weight is 240 g/mol. The van der Waals surface area contributed by atoms with E-state index < -0.39 is 6.04 Å². The molecule has 5 heteroatoms. The van der Waals surface area contributed by atoms with Gasteiger partial charge in [-0.25, -0.2) is 4.39 Å². The first-order valence-electron chi connectivity index (χ1n) is 5.45. The summed E-state index contributed by atoms with van der Waals surface area (Å²) in [5.74, 6) is -0.600. The molecule has 0 radical (unpaired) electrons. The van der Waals surface area contributed by atoms with E-state index in [1.165, 1.54) is 13.2 Å². The molecule has 1 rings (SSSR count). The van der Waals surface area contributed by atoms with Crippen LogP contribution < -0.4 is 5.32 Å². The van der Waals surface area contributed by atoms with Crippen LogP contribution in [0.5, 0.6) is 0 Å². The Labute approximate surface area is 100 Å². The molecule has 1 unspecified atom stereocenters. The van der Waals surface area contributed by atoms with Crippen LogP contribution in [0.1, 0.15) is 19.4 Å². The maximum Gasteiger partial charge on any atom is 0.323 e. The molecule has 1 aromatic rings. The number of carbonyl (C=O) groups excluding carboxylic acids is 1. The quantitative estimate of drug-likeness (QED) is 0.793. The number of nitrogens with one attached hydrogen (secondary N) is 1. The Morgan fingerprint density at radius 3 is 2.76 bits per heavy atom. The number of ether oxygens (including phenoxy) is 1. The summed E-state index contributed by atoms with van der Waals surface area (Å²) in [4.78, 5) is 15.2. The zero-order valence-electron chi connectivity index (χ0n) is 10.2. The summed E-state index contributed by atoms with van der Waals surface area (Å²) in [6.07, 6.45) is 2.70. The fourth-order valence-electron chi connectivity index (χ4n) is 1.50. The Morgan fingerprint density at radius 1 is 1.53 bits per heavy atom. The van der Waals surface area contributed by atoms with Gasteiger partial charge in [-0.1, -0.05) is 13.8 Å². The Kier molecular flexibility index (Phi) is 5.03. The maximum absolute atomic E-state index is 12.9.